The van der Waals surface area contributed by atoms with Crippen LogP contribution in [0.3, 0.4) is 0 Å². The number of carbonyl (C=O) groups excluding carboxylic acids is 1. The van der Waals surface area contributed by atoms with Crippen molar-refractivity contribution in [3.8, 4) is 0 Å². The fraction of sp³-hybridized carbons (Fsp3) is 0.875. The summed E-state index contributed by atoms with van der Waals surface area (Å²) in [7, 11) is 0. The van der Waals surface area contributed by atoms with Gasteiger partial charge in [-0.25, -0.2) is 4.79 Å². The Balaban J connectivity index is 2.26. The third-order valence-corrected chi connectivity index (χ3v) is 2.12. The zero-order chi connectivity index (χ0) is 8.10. The van der Waals surface area contributed by atoms with Gasteiger partial charge in [0.15, 0.2) is 6.23 Å². The fourth-order valence-corrected chi connectivity index (χ4v) is 1.43. The standard InChI is InChI=1S/C8H14NO2/c1-8(11-7-10)9-5-3-2-4-6-9/h8H,2-6H2,1H3. The summed E-state index contributed by atoms with van der Waals surface area (Å²) in [6.07, 6.45) is 3.64. The Hall–Kier alpha value is -0.570. The number of hydrogen-bond acceptors (Lipinski definition) is 3. The highest BCUT2D eigenvalue weighted by atomic mass is 16.5. The molecule has 1 unspecified atom stereocenters. The van der Waals surface area contributed by atoms with Gasteiger partial charge in [0, 0.05) is 13.1 Å². The summed E-state index contributed by atoms with van der Waals surface area (Å²) >= 11 is 0. The SMILES string of the molecule is CC(O[C]=O)N1CCCCC1. The highest BCUT2D eigenvalue weighted by molar-refractivity contribution is 5.38. The minimum absolute atomic E-state index is 0.0900. The molecule has 1 radical (unpaired) electrons. The Morgan fingerprint density at radius 3 is 2.55 bits per heavy atom. The molecule has 0 N–H and O–H groups in total. The molecule has 1 saturated heterocycles. The van der Waals surface area contributed by atoms with Gasteiger partial charge in [-0.05, 0) is 19.8 Å². The molecule has 0 aliphatic carbocycles. The van der Waals surface area contributed by atoms with Gasteiger partial charge in [-0.2, -0.15) is 0 Å². The smallest absolute Gasteiger partial charge is 0.419 e. The third-order valence-electron chi connectivity index (χ3n) is 2.12. The van der Waals surface area contributed by atoms with Crippen LogP contribution >= 0.6 is 0 Å². The molecule has 3 heteroatoms. The van der Waals surface area contributed by atoms with Crippen molar-refractivity contribution < 1.29 is 9.53 Å². The van der Waals surface area contributed by atoms with Crippen LogP contribution in [-0.2, 0) is 9.53 Å². The Bertz CT molecular complexity index is 121. The highest BCUT2D eigenvalue weighted by Gasteiger charge is 2.16. The summed E-state index contributed by atoms with van der Waals surface area (Å²) in [6.45, 7) is 5.45. The molecule has 0 aromatic carbocycles. The minimum Gasteiger partial charge on any atom is -0.438 e. The second kappa shape index (κ2) is 4.34. The second-order valence-electron chi connectivity index (χ2n) is 2.90. The molecule has 0 bridgehead atoms. The molecule has 63 valence electrons. The van der Waals surface area contributed by atoms with Gasteiger partial charge in [0.25, 0.3) is 0 Å². The fourth-order valence-electron chi connectivity index (χ4n) is 1.43. The van der Waals surface area contributed by atoms with E-state index < -0.39 is 0 Å². The zero-order valence-electron chi connectivity index (χ0n) is 6.88. The minimum atomic E-state index is -0.0900. The van der Waals surface area contributed by atoms with E-state index in [1.165, 1.54) is 25.7 Å². The second-order valence-corrected chi connectivity index (χ2v) is 2.90. The van der Waals surface area contributed by atoms with Gasteiger partial charge in [-0.15, -0.1) is 0 Å². The van der Waals surface area contributed by atoms with Crippen molar-refractivity contribution in [1.29, 1.82) is 0 Å². The van der Waals surface area contributed by atoms with Gasteiger partial charge in [-0.3, -0.25) is 4.90 Å². The number of hydrogen-bond donors (Lipinski definition) is 0. The maximum Gasteiger partial charge on any atom is 0.419 e. The maximum atomic E-state index is 9.88. The van der Waals surface area contributed by atoms with Crippen molar-refractivity contribution >= 4 is 6.47 Å². The van der Waals surface area contributed by atoms with Crippen molar-refractivity contribution in [1.82, 2.24) is 4.90 Å². The Morgan fingerprint density at radius 1 is 1.36 bits per heavy atom. The molecule has 3 nitrogen and oxygen atoms in total. The molecule has 0 aromatic rings. The lowest BCUT2D eigenvalue weighted by Gasteiger charge is -2.30. The number of piperidine rings is 1. The lowest BCUT2D eigenvalue weighted by molar-refractivity contribution is 0.0149. The molecule has 0 spiro atoms. The molecule has 1 rings (SSSR count). The maximum absolute atomic E-state index is 9.88. The van der Waals surface area contributed by atoms with E-state index >= 15 is 0 Å². The quantitative estimate of drug-likeness (QED) is 0.608. The van der Waals surface area contributed by atoms with E-state index in [4.69, 9.17) is 4.74 Å². The van der Waals surface area contributed by atoms with E-state index in [1.54, 1.807) is 0 Å². The first kappa shape index (κ1) is 8.53. The molecule has 0 amide bonds. The average molecular weight is 156 g/mol. The molecular weight excluding hydrogens is 142 g/mol. The summed E-state index contributed by atoms with van der Waals surface area (Å²) in [4.78, 5) is 12.0. The van der Waals surface area contributed by atoms with Crippen LogP contribution in [0.5, 0.6) is 0 Å². The Morgan fingerprint density at radius 2 is 2.00 bits per heavy atom. The van der Waals surface area contributed by atoms with E-state index in [0.29, 0.717) is 0 Å². The van der Waals surface area contributed by atoms with Crippen molar-refractivity contribution in [3.63, 3.8) is 0 Å². The van der Waals surface area contributed by atoms with Crippen LogP contribution in [0.1, 0.15) is 26.2 Å². The van der Waals surface area contributed by atoms with E-state index in [9.17, 15) is 4.79 Å². The number of ether oxygens (including phenoxy) is 1. The molecule has 1 aliphatic rings. The Labute approximate surface area is 67.3 Å². The van der Waals surface area contributed by atoms with Crippen molar-refractivity contribution in [2.75, 3.05) is 13.1 Å². The zero-order valence-corrected chi connectivity index (χ0v) is 6.88. The van der Waals surface area contributed by atoms with Crippen LogP contribution in [-0.4, -0.2) is 30.7 Å². The van der Waals surface area contributed by atoms with Crippen LogP contribution in [0, 0.1) is 0 Å². The van der Waals surface area contributed by atoms with Crippen LogP contribution in [0.25, 0.3) is 0 Å². The first-order valence-corrected chi connectivity index (χ1v) is 4.11. The average Bonchev–Trinajstić information content (AvgIpc) is 2.07. The van der Waals surface area contributed by atoms with Crippen molar-refractivity contribution in [3.05, 3.63) is 0 Å². The van der Waals surface area contributed by atoms with Crippen LogP contribution in [0.2, 0.25) is 0 Å². The third kappa shape index (κ3) is 2.50. The van der Waals surface area contributed by atoms with Crippen LogP contribution in [0.4, 0.5) is 0 Å². The molecule has 1 atom stereocenters. The first-order valence-electron chi connectivity index (χ1n) is 4.11. The molecule has 1 fully saturated rings. The summed E-state index contributed by atoms with van der Waals surface area (Å²) in [5, 5.41) is 0. The Kier molecular flexibility index (Phi) is 3.36. The summed E-state index contributed by atoms with van der Waals surface area (Å²) in [5.41, 5.74) is 0. The molecule has 1 heterocycles. The molecule has 0 aromatic heterocycles. The van der Waals surface area contributed by atoms with Crippen LogP contribution < -0.4 is 0 Å². The monoisotopic (exact) mass is 156 g/mol. The number of nitrogens with zero attached hydrogens (tertiary/aromatic N) is 1. The summed E-state index contributed by atoms with van der Waals surface area (Å²) in [6, 6.07) is 0. The van der Waals surface area contributed by atoms with Crippen molar-refractivity contribution in [2.24, 2.45) is 0 Å². The van der Waals surface area contributed by atoms with E-state index in [1.807, 2.05) is 6.92 Å². The van der Waals surface area contributed by atoms with Gasteiger partial charge in [0.05, 0.1) is 0 Å². The lowest BCUT2D eigenvalue weighted by atomic mass is 10.1. The first-order chi connectivity index (χ1) is 5.34. The van der Waals surface area contributed by atoms with E-state index in [-0.39, 0.29) is 6.23 Å². The van der Waals surface area contributed by atoms with Crippen LogP contribution in [0.15, 0.2) is 0 Å². The summed E-state index contributed by atoms with van der Waals surface area (Å²) < 4.78 is 4.70. The number of rotatable bonds is 3. The van der Waals surface area contributed by atoms with Gasteiger partial charge < -0.3 is 4.74 Å². The molecule has 11 heavy (non-hydrogen) atoms. The molecule has 1 aliphatic heterocycles. The molecular formula is C8H14NO2. The summed E-state index contributed by atoms with van der Waals surface area (Å²) in [5.74, 6) is 0. The largest absolute Gasteiger partial charge is 0.438 e. The number of likely N-dealkylation sites (tertiary alicyclic amines) is 1. The van der Waals surface area contributed by atoms with Gasteiger partial charge >= 0.3 is 6.47 Å². The molecule has 0 saturated carbocycles. The van der Waals surface area contributed by atoms with E-state index in [2.05, 4.69) is 4.90 Å². The normalized spacial score (nSPS) is 22.6. The topological polar surface area (TPSA) is 29.5 Å². The predicted octanol–water partition coefficient (Wildman–Crippen LogP) is 0.902. The van der Waals surface area contributed by atoms with E-state index in [0.717, 1.165) is 13.1 Å². The predicted molar refractivity (Wildman–Crippen MR) is 41.7 cm³/mol. The van der Waals surface area contributed by atoms with Gasteiger partial charge in [0.1, 0.15) is 0 Å². The van der Waals surface area contributed by atoms with Gasteiger partial charge in [0.2, 0.25) is 0 Å². The lowest BCUT2D eigenvalue weighted by Crippen LogP contribution is -2.38. The highest BCUT2D eigenvalue weighted by Crippen LogP contribution is 2.11. The van der Waals surface area contributed by atoms with Crippen molar-refractivity contribution in [2.45, 2.75) is 32.4 Å². The van der Waals surface area contributed by atoms with Gasteiger partial charge in [-0.1, -0.05) is 6.42 Å².